The topological polar surface area (TPSA) is 135 Å². The summed E-state index contributed by atoms with van der Waals surface area (Å²) in [5.74, 6) is -1.60. The molecule has 0 heterocycles. The van der Waals surface area contributed by atoms with Crippen LogP contribution in [0.2, 0.25) is 0 Å². The van der Waals surface area contributed by atoms with Gasteiger partial charge in [0.05, 0.1) is 23.9 Å². The fourth-order valence-electron chi connectivity index (χ4n) is 9.40. The summed E-state index contributed by atoms with van der Waals surface area (Å²) in [5.41, 5.74) is -4.71. The molecule has 0 saturated heterocycles. The van der Waals surface area contributed by atoms with Gasteiger partial charge in [0.1, 0.15) is 11.4 Å². The molecule has 37 heavy (non-hydrogen) atoms. The normalized spacial score (nSPS) is 46.8. The van der Waals surface area contributed by atoms with Crippen molar-refractivity contribution in [3.8, 4) is 0 Å². The van der Waals surface area contributed by atoms with Crippen molar-refractivity contribution in [3.63, 3.8) is 0 Å². The van der Waals surface area contributed by atoms with Gasteiger partial charge in [0.25, 0.3) is 0 Å². The number of rotatable bonds is 5. The number of ketones is 2. The lowest BCUT2D eigenvalue weighted by molar-refractivity contribution is -0.188. The minimum absolute atomic E-state index is 0.0227. The van der Waals surface area contributed by atoms with Gasteiger partial charge in [-0.25, -0.2) is 0 Å². The zero-order valence-corrected chi connectivity index (χ0v) is 23.8. The molecule has 0 aromatic heterocycles. The van der Waals surface area contributed by atoms with E-state index in [4.69, 9.17) is 0 Å². The first-order chi connectivity index (χ1) is 16.7. The molecule has 3 saturated carbocycles. The van der Waals surface area contributed by atoms with E-state index in [2.05, 4.69) is 13.0 Å². The number of carbonyl (C=O) groups is 2. The van der Waals surface area contributed by atoms with Crippen molar-refractivity contribution in [1.29, 1.82) is 0 Å². The standard InChI is InChI=1S/C30H48O7/c1-25(2,36)12-11-21(33)30(8,37)23-19(32)14-27(5)20-10-9-16-17(13-18(31)24(35)26(16,3)4)29(20,7)22(34)15-28(23,27)6/h9,17-20,23-24,31-32,35-37H,10-15H2,1-8H3/t17-,18+,19-,20+,23?,24-,27+,28-,29+,30?/m1/s1. The van der Waals surface area contributed by atoms with Crippen molar-refractivity contribution in [2.75, 3.05) is 0 Å². The second-order valence-electron chi connectivity index (χ2n) is 14.8. The van der Waals surface area contributed by atoms with E-state index in [0.29, 0.717) is 19.3 Å². The van der Waals surface area contributed by atoms with Crippen LogP contribution >= 0.6 is 0 Å². The molecule has 7 heteroatoms. The van der Waals surface area contributed by atoms with Crippen molar-refractivity contribution in [3.05, 3.63) is 11.6 Å². The highest BCUT2D eigenvalue weighted by molar-refractivity contribution is 5.90. The second kappa shape index (κ2) is 8.44. The number of hydrogen-bond donors (Lipinski definition) is 5. The van der Waals surface area contributed by atoms with Gasteiger partial charge < -0.3 is 25.5 Å². The van der Waals surface area contributed by atoms with Gasteiger partial charge in [-0.2, -0.15) is 0 Å². The van der Waals surface area contributed by atoms with Gasteiger partial charge in [0.15, 0.2) is 5.78 Å². The SMILES string of the molecule is CC(C)(O)CCC(=O)C(C)(O)C1[C@H](O)C[C@@]2(C)[C@@H]3CC=C4[C@@H](C[C@H](O)[C@@H](O)C4(C)C)[C@]3(C)C(=O)C[C@]12C. The van der Waals surface area contributed by atoms with Crippen LogP contribution in [0, 0.1) is 39.4 Å². The summed E-state index contributed by atoms with van der Waals surface area (Å²) in [6, 6.07) is 0. The van der Waals surface area contributed by atoms with Gasteiger partial charge in [0, 0.05) is 29.6 Å². The molecule has 7 nitrogen and oxygen atoms in total. The first kappa shape index (κ1) is 28.9. The van der Waals surface area contributed by atoms with E-state index in [1.54, 1.807) is 13.8 Å². The molecule has 3 fully saturated rings. The Balaban J connectivity index is 1.76. The fourth-order valence-corrected chi connectivity index (χ4v) is 9.40. The number of allylic oxidation sites excluding steroid dienone is 1. The summed E-state index contributed by atoms with van der Waals surface area (Å²) in [4.78, 5) is 27.5. The lowest BCUT2D eigenvalue weighted by Gasteiger charge is -2.65. The van der Waals surface area contributed by atoms with Gasteiger partial charge in [0.2, 0.25) is 0 Å². The molecule has 4 aliphatic carbocycles. The summed E-state index contributed by atoms with van der Waals surface area (Å²) in [6.45, 7) is 14.6. The van der Waals surface area contributed by atoms with E-state index < -0.39 is 62.9 Å². The van der Waals surface area contributed by atoms with Gasteiger partial charge in [-0.15, -0.1) is 0 Å². The number of aliphatic hydroxyl groups is 5. The summed E-state index contributed by atoms with van der Waals surface area (Å²) >= 11 is 0. The minimum Gasteiger partial charge on any atom is -0.393 e. The van der Waals surface area contributed by atoms with Gasteiger partial charge in [-0.1, -0.05) is 46.3 Å². The zero-order valence-electron chi connectivity index (χ0n) is 23.8. The number of aliphatic hydroxyl groups excluding tert-OH is 3. The van der Waals surface area contributed by atoms with E-state index in [1.165, 1.54) is 6.92 Å². The van der Waals surface area contributed by atoms with Crippen LogP contribution in [0.1, 0.15) is 93.9 Å². The van der Waals surface area contributed by atoms with Gasteiger partial charge in [-0.3, -0.25) is 9.59 Å². The molecule has 0 radical (unpaired) electrons. The highest BCUT2D eigenvalue weighted by atomic mass is 16.3. The molecular formula is C30H48O7. The van der Waals surface area contributed by atoms with Crippen LogP contribution < -0.4 is 0 Å². The van der Waals surface area contributed by atoms with Crippen LogP contribution in [0.3, 0.4) is 0 Å². The molecule has 0 aromatic rings. The van der Waals surface area contributed by atoms with Crippen LogP contribution in [0.5, 0.6) is 0 Å². The Bertz CT molecular complexity index is 1010. The van der Waals surface area contributed by atoms with Crippen LogP contribution in [-0.2, 0) is 9.59 Å². The highest BCUT2D eigenvalue weighted by Gasteiger charge is 2.74. The first-order valence-electron chi connectivity index (χ1n) is 13.9. The molecule has 210 valence electrons. The Hall–Kier alpha value is -1.12. The third-order valence-corrected chi connectivity index (χ3v) is 11.8. The Kier molecular flexibility index (Phi) is 6.59. The van der Waals surface area contributed by atoms with E-state index in [0.717, 1.165) is 5.57 Å². The smallest absolute Gasteiger partial charge is 0.164 e. The van der Waals surface area contributed by atoms with Crippen LogP contribution in [0.4, 0.5) is 0 Å². The van der Waals surface area contributed by atoms with Crippen molar-refractivity contribution in [2.45, 2.75) is 123 Å². The molecule has 2 unspecified atom stereocenters. The highest BCUT2D eigenvalue weighted by Crippen LogP contribution is 2.74. The summed E-state index contributed by atoms with van der Waals surface area (Å²) in [7, 11) is 0. The van der Waals surface area contributed by atoms with Gasteiger partial charge >= 0.3 is 0 Å². The third-order valence-electron chi connectivity index (χ3n) is 11.8. The average molecular weight is 521 g/mol. The molecular weight excluding hydrogens is 472 g/mol. The van der Waals surface area contributed by atoms with E-state index >= 15 is 0 Å². The molecule has 5 N–H and O–H groups in total. The van der Waals surface area contributed by atoms with Crippen molar-refractivity contribution in [2.24, 2.45) is 39.4 Å². The predicted octanol–water partition coefficient (Wildman–Crippen LogP) is 2.94. The van der Waals surface area contributed by atoms with Crippen LogP contribution in [0.15, 0.2) is 11.6 Å². The Morgan fingerprint density at radius 2 is 1.59 bits per heavy atom. The molecule has 10 atom stereocenters. The monoisotopic (exact) mass is 520 g/mol. The second-order valence-corrected chi connectivity index (χ2v) is 14.8. The summed E-state index contributed by atoms with van der Waals surface area (Å²) < 4.78 is 0. The lowest BCUT2D eigenvalue weighted by atomic mass is 9.38. The number of fused-ring (bicyclic) bond motifs is 5. The maximum atomic E-state index is 14.2. The maximum Gasteiger partial charge on any atom is 0.164 e. The van der Waals surface area contributed by atoms with Crippen molar-refractivity contribution >= 4 is 11.6 Å². The zero-order chi connectivity index (χ0) is 28.1. The van der Waals surface area contributed by atoms with Crippen molar-refractivity contribution < 1.29 is 35.1 Å². The average Bonchev–Trinajstić information content (AvgIpc) is 2.96. The lowest BCUT2D eigenvalue weighted by Crippen LogP contribution is -2.65. The first-order valence-corrected chi connectivity index (χ1v) is 13.9. The maximum absolute atomic E-state index is 14.2. The van der Waals surface area contributed by atoms with E-state index in [1.807, 2.05) is 27.7 Å². The van der Waals surface area contributed by atoms with E-state index in [-0.39, 0.29) is 36.9 Å². The molecule has 0 amide bonds. The van der Waals surface area contributed by atoms with Gasteiger partial charge in [-0.05, 0) is 69.1 Å². The molecule has 4 rings (SSSR count). The Morgan fingerprint density at radius 3 is 2.16 bits per heavy atom. The Labute approximate surface area is 221 Å². The quantitative estimate of drug-likeness (QED) is 0.352. The molecule has 0 spiro atoms. The fraction of sp³-hybridized carbons (Fsp3) is 0.867. The number of Topliss-reactive ketones (excluding diaryl/α,β-unsaturated/α-hetero) is 2. The summed E-state index contributed by atoms with van der Waals surface area (Å²) in [6.07, 6.45) is 0.895. The minimum atomic E-state index is -1.85. The molecule has 0 bridgehead atoms. The number of hydrogen-bond acceptors (Lipinski definition) is 7. The predicted molar refractivity (Wildman–Crippen MR) is 139 cm³/mol. The molecule has 0 aliphatic heterocycles. The number of carbonyl (C=O) groups excluding carboxylic acids is 2. The van der Waals surface area contributed by atoms with Crippen molar-refractivity contribution in [1.82, 2.24) is 0 Å². The molecule has 0 aromatic carbocycles. The Morgan fingerprint density at radius 1 is 1.00 bits per heavy atom. The summed E-state index contributed by atoms with van der Waals surface area (Å²) in [5, 5.41) is 54.8. The third kappa shape index (κ3) is 3.86. The van der Waals surface area contributed by atoms with E-state index in [9.17, 15) is 35.1 Å². The van der Waals surface area contributed by atoms with Crippen LogP contribution in [-0.4, -0.2) is 66.6 Å². The van der Waals surface area contributed by atoms with Crippen LogP contribution in [0.25, 0.3) is 0 Å². The largest absolute Gasteiger partial charge is 0.393 e. The molecule has 4 aliphatic rings.